The van der Waals surface area contributed by atoms with Crippen LogP contribution in [0.25, 0.3) is 0 Å². The molecule has 0 atom stereocenters. The van der Waals surface area contributed by atoms with Gasteiger partial charge >= 0.3 is 0 Å². The first-order chi connectivity index (χ1) is 9.68. The second-order valence-corrected chi connectivity index (χ2v) is 6.68. The third kappa shape index (κ3) is 2.92. The van der Waals surface area contributed by atoms with Crippen molar-refractivity contribution in [3.63, 3.8) is 0 Å². The van der Waals surface area contributed by atoms with Gasteiger partial charge in [0.15, 0.2) is 0 Å². The van der Waals surface area contributed by atoms with Gasteiger partial charge in [-0.25, -0.2) is 0 Å². The maximum atomic E-state index is 6.00. The van der Waals surface area contributed by atoms with E-state index in [1.165, 1.54) is 18.4 Å². The number of hydrogen-bond donors (Lipinski definition) is 1. The summed E-state index contributed by atoms with van der Waals surface area (Å²) >= 11 is 9.43. The van der Waals surface area contributed by atoms with Gasteiger partial charge in [-0.3, -0.25) is 10.00 Å². The lowest BCUT2D eigenvalue weighted by atomic mass is 9.88. The van der Waals surface area contributed by atoms with Gasteiger partial charge in [-0.1, -0.05) is 36.6 Å². The molecule has 106 valence electrons. The third-order valence-electron chi connectivity index (χ3n) is 4.04. The second-order valence-electron chi connectivity index (χ2n) is 5.33. The molecular weight excluding hydrogens is 338 g/mol. The van der Waals surface area contributed by atoms with Crippen molar-refractivity contribution in [3.05, 3.63) is 51.7 Å². The van der Waals surface area contributed by atoms with Gasteiger partial charge in [0.05, 0.1) is 17.3 Å². The molecule has 0 unspecified atom stereocenters. The number of nitrogens with one attached hydrogen (secondary N) is 1. The van der Waals surface area contributed by atoms with E-state index in [0.29, 0.717) is 6.67 Å². The average molecular weight is 355 g/mol. The molecule has 1 aromatic heterocycles. The summed E-state index contributed by atoms with van der Waals surface area (Å²) in [4.78, 5) is 0. The molecule has 1 heterocycles. The predicted octanol–water partition coefficient (Wildman–Crippen LogP) is 4.32. The first-order valence-corrected chi connectivity index (χ1v) is 8.04. The molecule has 5 heteroatoms. The Morgan fingerprint density at radius 1 is 1.25 bits per heavy atom. The normalized spacial score (nSPS) is 17.5. The van der Waals surface area contributed by atoms with Crippen molar-refractivity contribution < 1.29 is 0 Å². The topological polar surface area (TPSA) is 29.9 Å². The highest BCUT2D eigenvalue weighted by Crippen LogP contribution is 2.39. The minimum absolute atomic E-state index is 0.0585. The Morgan fingerprint density at radius 3 is 2.55 bits per heavy atom. The molecular formula is C15H17BrClN3. The van der Waals surface area contributed by atoms with E-state index in [1.807, 2.05) is 29.2 Å². The smallest absolute Gasteiger partial charge is 0.0911 e. The summed E-state index contributed by atoms with van der Waals surface area (Å²) in [6.45, 7) is 0.716. The summed E-state index contributed by atoms with van der Waals surface area (Å²) in [5, 5.41) is 8.79. The number of nitrogens with zero attached hydrogens (tertiary/aromatic N) is 2. The SMILES string of the molecule is Clc1ccc(C2(NCn3cc(Br)cn3)CCCC2)cc1. The van der Waals surface area contributed by atoms with Gasteiger partial charge in [-0.15, -0.1) is 0 Å². The van der Waals surface area contributed by atoms with Crippen molar-refractivity contribution in [2.75, 3.05) is 0 Å². The molecule has 1 saturated carbocycles. The van der Waals surface area contributed by atoms with E-state index in [-0.39, 0.29) is 5.54 Å². The lowest BCUT2D eigenvalue weighted by Crippen LogP contribution is -2.40. The molecule has 1 aliphatic rings. The van der Waals surface area contributed by atoms with Gasteiger partial charge < -0.3 is 0 Å². The quantitative estimate of drug-likeness (QED) is 0.886. The van der Waals surface area contributed by atoms with Gasteiger partial charge in [0.25, 0.3) is 0 Å². The van der Waals surface area contributed by atoms with Gasteiger partial charge in [0.2, 0.25) is 0 Å². The lowest BCUT2D eigenvalue weighted by molar-refractivity contribution is 0.299. The third-order valence-corrected chi connectivity index (χ3v) is 4.70. The highest BCUT2D eigenvalue weighted by Gasteiger charge is 2.35. The maximum absolute atomic E-state index is 6.00. The molecule has 0 radical (unpaired) electrons. The van der Waals surface area contributed by atoms with Crippen molar-refractivity contribution in [1.29, 1.82) is 0 Å². The summed E-state index contributed by atoms with van der Waals surface area (Å²) < 4.78 is 2.92. The summed E-state index contributed by atoms with van der Waals surface area (Å²) in [6.07, 6.45) is 8.65. The highest BCUT2D eigenvalue weighted by molar-refractivity contribution is 9.10. The van der Waals surface area contributed by atoms with Crippen LogP contribution in [0.3, 0.4) is 0 Å². The van der Waals surface area contributed by atoms with E-state index in [4.69, 9.17) is 11.6 Å². The van der Waals surface area contributed by atoms with E-state index >= 15 is 0 Å². The van der Waals surface area contributed by atoms with Crippen molar-refractivity contribution in [3.8, 4) is 0 Å². The molecule has 2 aromatic rings. The Kier molecular flexibility index (Phi) is 4.15. The molecule has 1 aliphatic carbocycles. The molecule has 0 aliphatic heterocycles. The van der Waals surface area contributed by atoms with Crippen molar-refractivity contribution in [2.45, 2.75) is 37.9 Å². The maximum Gasteiger partial charge on any atom is 0.0911 e. The van der Waals surface area contributed by atoms with Gasteiger partial charge in [0, 0.05) is 16.8 Å². The molecule has 1 aromatic carbocycles. The Bertz CT molecular complexity index is 573. The molecule has 1 fully saturated rings. The molecule has 0 amide bonds. The Hall–Kier alpha value is -0.840. The van der Waals surface area contributed by atoms with E-state index in [9.17, 15) is 0 Å². The fourth-order valence-electron chi connectivity index (χ4n) is 2.97. The van der Waals surface area contributed by atoms with Crippen LogP contribution in [-0.2, 0) is 12.2 Å². The summed E-state index contributed by atoms with van der Waals surface area (Å²) in [6, 6.07) is 8.23. The highest BCUT2D eigenvalue weighted by atomic mass is 79.9. The van der Waals surface area contributed by atoms with E-state index in [1.54, 1.807) is 0 Å². The van der Waals surface area contributed by atoms with Crippen LogP contribution in [0.15, 0.2) is 41.1 Å². The zero-order valence-electron chi connectivity index (χ0n) is 11.1. The fourth-order valence-corrected chi connectivity index (χ4v) is 3.43. The van der Waals surface area contributed by atoms with Crippen LogP contribution < -0.4 is 5.32 Å². The molecule has 0 spiro atoms. The van der Waals surface area contributed by atoms with Crippen LogP contribution >= 0.6 is 27.5 Å². The van der Waals surface area contributed by atoms with Crippen molar-refractivity contribution >= 4 is 27.5 Å². The monoisotopic (exact) mass is 353 g/mol. The number of rotatable bonds is 4. The number of aromatic nitrogens is 2. The van der Waals surface area contributed by atoms with E-state index in [2.05, 4.69) is 38.5 Å². The Morgan fingerprint density at radius 2 is 1.95 bits per heavy atom. The number of benzene rings is 1. The van der Waals surface area contributed by atoms with Crippen LogP contribution in [0, 0.1) is 0 Å². The molecule has 20 heavy (non-hydrogen) atoms. The molecule has 3 nitrogen and oxygen atoms in total. The average Bonchev–Trinajstić information content (AvgIpc) is 3.07. The first-order valence-electron chi connectivity index (χ1n) is 6.87. The van der Waals surface area contributed by atoms with E-state index < -0.39 is 0 Å². The molecule has 3 rings (SSSR count). The lowest BCUT2D eigenvalue weighted by Gasteiger charge is -2.31. The van der Waals surface area contributed by atoms with Crippen LogP contribution in [0.5, 0.6) is 0 Å². The second kappa shape index (κ2) is 5.88. The van der Waals surface area contributed by atoms with Crippen LogP contribution in [0.2, 0.25) is 5.02 Å². The first kappa shape index (κ1) is 14.1. The van der Waals surface area contributed by atoms with Crippen molar-refractivity contribution in [1.82, 2.24) is 15.1 Å². The fraction of sp³-hybridized carbons (Fsp3) is 0.400. The van der Waals surface area contributed by atoms with Crippen LogP contribution in [0.4, 0.5) is 0 Å². The molecule has 0 bridgehead atoms. The minimum Gasteiger partial charge on any atom is -0.289 e. The van der Waals surface area contributed by atoms with Gasteiger partial charge in [0.1, 0.15) is 0 Å². The zero-order valence-corrected chi connectivity index (χ0v) is 13.5. The summed E-state index contributed by atoms with van der Waals surface area (Å²) in [5.74, 6) is 0. The predicted molar refractivity (Wildman–Crippen MR) is 84.7 cm³/mol. The standard InChI is InChI=1S/C15H17BrClN3/c16-13-9-19-20(10-13)11-18-15(7-1-2-8-15)12-3-5-14(17)6-4-12/h3-6,9-10,18H,1-2,7-8,11H2. The Balaban J connectivity index is 1.79. The van der Waals surface area contributed by atoms with E-state index in [0.717, 1.165) is 22.3 Å². The number of halogens is 2. The number of hydrogen-bond acceptors (Lipinski definition) is 2. The summed E-state index contributed by atoms with van der Waals surface area (Å²) in [5.41, 5.74) is 1.38. The largest absolute Gasteiger partial charge is 0.289 e. The van der Waals surface area contributed by atoms with Gasteiger partial charge in [-0.2, -0.15) is 5.10 Å². The van der Waals surface area contributed by atoms with Gasteiger partial charge in [-0.05, 0) is 46.5 Å². The zero-order chi connectivity index (χ0) is 14.0. The summed E-state index contributed by atoms with van der Waals surface area (Å²) in [7, 11) is 0. The Labute approximate surface area is 132 Å². The molecule has 1 N–H and O–H groups in total. The molecule has 0 saturated heterocycles. The van der Waals surface area contributed by atoms with Crippen LogP contribution in [-0.4, -0.2) is 9.78 Å². The van der Waals surface area contributed by atoms with Crippen LogP contribution in [0.1, 0.15) is 31.2 Å². The minimum atomic E-state index is 0.0585. The van der Waals surface area contributed by atoms with Crippen molar-refractivity contribution in [2.24, 2.45) is 0 Å².